The Hall–Kier alpha value is -0.540. The summed E-state index contributed by atoms with van der Waals surface area (Å²) < 4.78 is 1.22. The standard InChI is InChI=1S/C18H27BrN2/c1-13(2)17-11-20-18(8-4-5-9-18)12-21(17)15-7-6-14(3)16(19)10-15/h6-7,10,13,17,20H,4-5,8-9,11-12H2,1-3H3. The number of halogens is 1. The molecule has 1 aromatic carbocycles. The SMILES string of the molecule is Cc1ccc(N2CC3(CCCC3)NCC2C(C)C)cc1Br. The van der Waals surface area contributed by atoms with Gasteiger partial charge in [-0.2, -0.15) is 0 Å². The summed E-state index contributed by atoms with van der Waals surface area (Å²) in [6, 6.07) is 7.42. The monoisotopic (exact) mass is 350 g/mol. The minimum Gasteiger partial charge on any atom is -0.365 e. The zero-order valence-corrected chi connectivity index (χ0v) is 15.0. The largest absolute Gasteiger partial charge is 0.365 e. The number of nitrogens with one attached hydrogen (secondary N) is 1. The van der Waals surface area contributed by atoms with Crippen LogP contribution >= 0.6 is 15.9 Å². The minimum absolute atomic E-state index is 0.364. The lowest BCUT2D eigenvalue weighted by atomic mass is 9.88. The number of benzene rings is 1. The van der Waals surface area contributed by atoms with Crippen LogP contribution in [0.5, 0.6) is 0 Å². The Morgan fingerprint density at radius 2 is 2.00 bits per heavy atom. The molecule has 21 heavy (non-hydrogen) atoms. The Morgan fingerprint density at radius 3 is 2.62 bits per heavy atom. The molecule has 1 saturated heterocycles. The van der Waals surface area contributed by atoms with Crippen LogP contribution in [0.15, 0.2) is 22.7 Å². The van der Waals surface area contributed by atoms with E-state index in [1.165, 1.54) is 41.4 Å². The highest BCUT2D eigenvalue weighted by atomic mass is 79.9. The van der Waals surface area contributed by atoms with Crippen LogP contribution in [-0.4, -0.2) is 24.7 Å². The average Bonchev–Trinajstić information content (AvgIpc) is 2.89. The van der Waals surface area contributed by atoms with Crippen molar-refractivity contribution >= 4 is 21.6 Å². The summed E-state index contributed by atoms with van der Waals surface area (Å²) in [4.78, 5) is 2.66. The summed E-state index contributed by atoms with van der Waals surface area (Å²) in [7, 11) is 0. The molecule has 1 saturated carbocycles. The van der Waals surface area contributed by atoms with E-state index in [-0.39, 0.29) is 0 Å². The highest BCUT2D eigenvalue weighted by Gasteiger charge is 2.41. The first kappa shape index (κ1) is 15.4. The number of rotatable bonds is 2. The van der Waals surface area contributed by atoms with Gasteiger partial charge in [-0.25, -0.2) is 0 Å². The maximum absolute atomic E-state index is 3.90. The maximum atomic E-state index is 3.90. The van der Waals surface area contributed by atoms with Crippen LogP contribution in [0.3, 0.4) is 0 Å². The summed E-state index contributed by atoms with van der Waals surface area (Å²) in [5.41, 5.74) is 3.05. The molecule has 1 heterocycles. The van der Waals surface area contributed by atoms with Crippen molar-refractivity contribution in [3.8, 4) is 0 Å². The lowest BCUT2D eigenvalue weighted by Crippen LogP contribution is -2.64. The first-order valence-corrected chi connectivity index (χ1v) is 9.08. The van der Waals surface area contributed by atoms with Crippen LogP contribution in [0.2, 0.25) is 0 Å². The third kappa shape index (κ3) is 3.00. The number of hydrogen-bond donors (Lipinski definition) is 1. The second-order valence-electron chi connectivity index (χ2n) is 7.24. The van der Waals surface area contributed by atoms with Gasteiger partial charge in [0.2, 0.25) is 0 Å². The Labute approximate surface area is 137 Å². The molecule has 1 atom stereocenters. The molecule has 0 amide bonds. The van der Waals surface area contributed by atoms with E-state index >= 15 is 0 Å². The molecule has 0 bridgehead atoms. The maximum Gasteiger partial charge on any atom is 0.0438 e. The van der Waals surface area contributed by atoms with Gasteiger partial charge in [0.25, 0.3) is 0 Å². The van der Waals surface area contributed by atoms with Crippen molar-refractivity contribution in [2.45, 2.75) is 58.0 Å². The number of nitrogens with zero attached hydrogens (tertiary/aromatic N) is 1. The molecule has 1 unspecified atom stereocenters. The van der Waals surface area contributed by atoms with Crippen molar-refractivity contribution in [3.63, 3.8) is 0 Å². The van der Waals surface area contributed by atoms with Crippen LogP contribution in [-0.2, 0) is 0 Å². The van der Waals surface area contributed by atoms with Gasteiger partial charge in [0, 0.05) is 34.8 Å². The van der Waals surface area contributed by atoms with Crippen molar-refractivity contribution in [1.29, 1.82) is 0 Å². The molecule has 2 nitrogen and oxygen atoms in total. The molecule has 3 heteroatoms. The molecule has 3 rings (SSSR count). The van der Waals surface area contributed by atoms with Crippen molar-refractivity contribution < 1.29 is 0 Å². The zero-order chi connectivity index (χ0) is 15.0. The van der Waals surface area contributed by atoms with E-state index in [4.69, 9.17) is 0 Å². The van der Waals surface area contributed by atoms with Crippen LogP contribution in [0.25, 0.3) is 0 Å². The zero-order valence-electron chi connectivity index (χ0n) is 13.5. The van der Waals surface area contributed by atoms with Crippen molar-refractivity contribution in [2.24, 2.45) is 5.92 Å². The van der Waals surface area contributed by atoms with Gasteiger partial charge in [0.15, 0.2) is 0 Å². The van der Waals surface area contributed by atoms with Crippen LogP contribution in [0.1, 0.15) is 45.1 Å². The molecule has 2 aliphatic rings. The van der Waals surface area contributed by atoms with Crippen molar-refractivity contribution in [1.82, 2.24) is 5.32 Å². The van der Waals surface area contributed by atoms with Crippen molar-refractivity contribution in [3.05, 3.63) is 28.2 Å². The molecule has 1 aliphatic heterocycles. The molecule has 2 fully saturated rings. The summed E-state index contributed by atoms with van der Waals surface area (Å²) in [5, 5.41) is 3.90. The van der Waals surface area contributed by atoms with Gasteiger partial charge >= 0.3 is 0 Å². The van der Waals surface area contributed by atoms with E-state index in [9.17, 15) is 0 Å². The first-order valence-electron chi connectivity index (χ1n) is 8.29. The highest BCUT2D eigenvalue weighted by Crippen LogP contribution is 2.37. The molecule has 116 valence electrons. The highest BCUT2D eigenvalue weighted by molar-refractivity contribution is 9.10. The molecule has 1 spiro atoms. The molecular formula is C18H27BrN2. The number of piperazine rings is 1. The quantitative estimate of drug-likeness (QED) is 0.844. The molecule has 0 radical (unpaired) electrons. The molecular weight excluding hydrogens is 324 g/mol. The second-order valence-corrected chi connectivity index (χ2v) is 8.10. The van der Waals surface area contributed by atoms with Gasteiger partial charge < -0.3 is 10.2 Å². The van der Waals surface area contributed by atoms with Gasteiger partial charge in [-0.3, -0.25) is 0 Å². The lowest BCUT2D eigenvalue weighted by molar-refractivity contribution is 0.245. The Morgan fingerprint density at radius 1 is 1.29 bits per heavy atom. The van der Waals surface area contributed by atoms with E-state index in [0.29, 0.717) is 17.5 Å². The van der Waals surface area contributed by atoms with Gasteiger partial charge in [0.1, 0.15) is 0 Å². The summed E-state index contributed by atoms with van der Waals surface area (Å²) in [5.74, 6) is 0.663. The van der Waals surface area contributed by atoms with E-state index in [1.807, 2.05) is 0 Å². The molecule has 0 aromatic heterocycles. The first-order chi connectivity index (χ1) is 10.0. The fourth-order valence-corrected chi connectivity index (χ4v) is 4.32. The van der Waals surface area contributed by atoms with E-state index in [0.717, 1.165) is 13.1 Å². The van der Waals surface area contributed by atoms with Crippen molar-refractivity contribution in [2.75, 3.05) is 18.0 Å². The fourth-order valence-electron chi connectivity index (χ4n) is 3.96. The van der Waals surface area contributed by atoms with Crippen LogP contribution < -0.4 is 10.2 Å². The molecule has 1 aliphatic carbocycles. The van der Waals surface area contributed by atoms with Gasteiger partial charge in [-0.15, -0.1) is 0 Å². The average molecular weight is 351 g/mol. The third-order valence-electron chi connectivity index (χ3n) is 5.38. The minimum atomic E-state index is 0.364. The van der Waals surface area contributed by atoms with Crippen LogP contribution in [0, 0.1) is 12.8 Å². The fraction of sp³-hybridized carbons (Fsp3) is 0.667. The van der Waals surface area contributed by atoms with Gasteiger partial charge in [0.05, 0.1) is 0 Å². The second kappa shape index (κ2) is 5.92. The number of anilines is 1. The van der Waals surface area contributed by atoms with Gasteiger partial charge in [-0.05, 0) is 43.4 Å². The van der Waals surface area contributed by atoms with E-state index < -0.39 is 0 Å². The molecule has 1 aromatic rings. The summed E-state index contributed by atoms with van der Waals surface area (Å²) in [6.07, 6.45) is 5.43. The smallest absolute Gasteiger partial charge is 0.0438 e. The molecule has 1 N–H and O–H groups in total. The van der Waals surface area contributed by atoms with Crippen LogP contribution in [0.4, 0.5) is 5.69 Å². The van der Waals surface area contributed by atoms with E-state index in [2.05, 4.69) is 65.1 Å². The third-order valence-corrected chi connectivity index (χ3v) is 6.23. The van der Waals surface area contributed by atoms with Gasteiger partial charge in [-0.1, -0.05) is 48.7 Å². The predicted molar refractivity (Wildman–Crippen MR) is 94.1 cm³/mol. The topological polar surface area (TPSA) is 15.3 Å². The lowest BCUT2D eigenvalue weighted by Gasteiger charge is -2.49. The Kier molecular flexibility index (Phi) is 4.33. The summed E-state index contributed by atoms with van der Waals surface area (Å²) in [6.45, 7) is 9.11. The summed E-state index contributed by atoms with van der Waals surface area (Å²) >= 11 is 3.70. The Bertz CT molecular complexity index is 506. The predicted octanol–water partition coefficient (Wildman–Crippen LogP) is 4.50. The number of hydrogen-bond acceptors (Lipinski definition) is 2. The normalized spacial score (nSPS) is 25.0. The number of aryl methyl sites for hydroxylation is 1. The van der Waals surface area contributed by atoms with E-state index in [1.54, 1.807) is 0 Å². The Balaban J connectivity index is 1.91.